The van der Waals surface area contributed by atoms with Crippen LogP contribution in [0.15, 0.2) is 42.5 Å². The van der Waals surface area contributed by atoms with Crippen molar-refractivity contribution in [2.24, 2.45) is 0 Å². The normalized spacial score (nSPS) is 11.0. The summed E-state index contributed by atoms with van der Waals surface area (Å²) in [5, 5.41) is 0. The van der Waals surface area contributed by atoms with Gasteiger partial charge in [0.25, 0.3) is 0 Å². The van der Waals surface area contributed by atoms with Crippen LogP contribution in [-0.2, 0) is 0 Å². The summed E-state index contributed by atoms with van der Waals surface area (Å²) < 4.78 is 28.4. The highest BCUT2D eigenvalue weighted by Gasteiger charge is 2.15. The van der Waals surface area contributed by atoms with E-state index in [0.717, 1.165) is 6.07 Å². The first-order chi connectivity index (χ1) is 8.68. The zero-order valence-electron chi connectivity index (χ0n) is 9.27. The van der Waals surface area contributed by atoms with Gasteiger partial charge in [-0.1, -0.05) is 18.2 Å². The van der Waals surface area contributed by atoms with Crippen molar-refractivity contribution in [3.63, 3.8) is 0 Å². The molecule has 18 heavy (non-hydrogen) atoms. The lowest BCUT2D eigenvalue weighted by Crippen LogP contribution is -2.04. The van der Waals surface area contributed by atoms with Crippen LogP contribution in [0.4, 0.5) is 14.7 Å². The van der Waals surface area contributed by atoms with Crippen molar-refractivity contribution in [3.8, 4) is 5.69 Å². The van der Waals surface area contributed by atoms with Crippen molar-refractivity contribution in [1.29, 1.82) is 0 Å². The first kappa shape index (κ1) is 10.7. The van der Waals surface area contributed by atoms with Crippen molar-refractivity contribution in [2.75, 3.05) is 5.73 Å². The predicted molar refractivity (Wildman–Crippen MR) is 65.4 cm³/mol. The predicted octanol–water partition coefficient (Wildman–Crippen LogP) is 2.89. The quantitative estimate of drug-likeness (QED) is 0.716. The number of hydrogen-bond donors (Lipinski definition) is 1. The number of hydrogen-bond acceptors (Lipinski definition) is 2. The molecule has 0 saturated carbocycles. The Morgan fingerprint density at radius 1 is 1.00 bits per heavy atom. The molecule has 0 aliphatic rings. The van der Waals surface area contributed by atoms with E-state index in [0.29, 0.717) is 11.0 Å². The third kappa shape index (κ3) is 1.44. The summed E-state index contributed by atoms with van der Waals surface area (Å²) in [7, 11) is 0. The molecule has 0 fully saturated rings. The Balaban J connectivity index is 2.38. The van der Waals surface area contributed by atoms with Crippen LogP contribution in [0, 0.1) is 11.6 Å². The molecule has 0 spiro atoms. The number of imidazole rings is 1. The van der Waals surface area contributed by atoms with E-state index in [-0.39, 0.29) is 11.6 Å². The number of aromatic nitrogens is 2. The van der Waals surface area contributed by atoms with Gasteiger partial charge in [-0.15, -0.1) is 0 Å². The molecule has 0 atom stereocenters. The zero-order valence-corrected chi connectivity index (χ0v) is 9.27. The van der Waals surface area contributed by atoms with Crippen molar-refractivity contribution in [1.82, 2.24) is 9.55 Å². The molecule has 1 aromatic heterocycles. The minimum atomic E-state index is -0.938. The number of nitrogens with zero attached hydrogens (tertiary/aromatic N) is 2. The molecule has 2 aromatic carbocycles. The van der Waals surface area contributed by atoms with Crippen LogP contribution in [0.3, 0.4) is 0 Å². The fourth-order valence-electron chi connectivity index (χ4n) is 1.96. The standard InChI is InChI=1S/C13H9F2N3/c14-8-4-3-7-11(12(8)15)18-10-6-2-1-5-9(10)17-13(18)16/h1-7H,(H2,16,17). The van der Waals surface area contributed by atoms with E-state index in [1.807, 2.05) is 0 Å². The highest BCUT2D eigenvalue weighted by molar-refractivity contribution is 5.80. The van der Waals surface area contributed by atoms with Crippen LogP contribution >= 0.6 is 0 Å². The van der Waals surface area contributed by atoms with Gasteiger partial charge in [0.1, 0.15) is 0 Å². The van der Waals surface area contributed by atoms with Gasteiger partial charge in [0.15, 0.2) is 11.6 Å². The van der Waals surface area contributed by atoms with Crippen LogP contribution in [0.2, 0.25) is 0 Å². The number of halogens is 2. The Morgan fingerprint density at radius 2 is 1.78 bits per heavy atom. The molecule has 0 amide bonds. The lowest BCUT2D eigenvalue weighted by molar-refractivity contribution is 0.505. The lowest BCUT2D eigenvalue weighted by Gasteiger charge is -2.07. The fraction of sp³-hybridized carbons (Fsp3) is 0. The van der Waals surface area contributed by atoms with Crippen LogP contribution < -0.4 is 5.73 Å². The summed E-state index contributed by atoms with van der Waals surface area (Å²) in [6.07, 6.45) is 0. The summed E-state index contributed by atoms with van der Waals surface area (Å²) in [4.78, 5) is 4.11. The highest BCUT2D eigenvalue weighted by Crippen LogP contribution is 2.25. The van der Waals surface area contributed by atoms with Crippen molar-refractivity contribution in [2.45, 2.75) is 0 Å². The van der Waals surface area contributed by atoms with Gasteiger partial charge in [0.05, 0.1) is 16.7 Å². The molecule has 2 N–H and O–H groups in total. The summed E-state index contributed by atoms with van der Waals surface area (Å²) in [5.41, 5.74) is 7.10. The van der Waals surface area contributed by atoms with E-state index >= 15 is 0 Å². The van der Waals surface area contributed by atoms with E-state index in [1.165, 1.54) is 16.7 Å². The Bertz CT molecular complexity index is 734. The van der Waals surface area contributed by atoms with Crippen molar-refractivity contribution < 1.29 is 8.78 Å². The van der Waals surface area contributed by atoms with Gasteiger partial charge in [-0.3, -0.25) is 4.57 Å². The number of rotatable bonds is 1. The molecular formula is C13H9F2N3. The molecule has 0 bridgehead atoms. The smallest absolute Gasteiger partial charge is 0.206 e. The van der Waals surface area contributed by atoms with Crippen molar-refractivity contribution in [3.05, 3.63) is 54.1 Å². The van der Waals surface area contributed by atoms with Crippen LogP contribution in [-0.4, -0.2) is 9.55 Å². The summed E-state index contributed by atoms with van der Waals surface area (Å²) >= 11 is 0. The second kappa shape index (κ2) is 3.80. The number of nitrogens with two attached hydrogens (primary N) is 1. The third-order valence-corrected chi connectivity index (χ3v) is 2.76. The molecule has 5 heteroatoms. The third-order valence-electron chi connectivity index (χ3n) is 2.76. The van der Waals surface area contributed by atoms with Gasteiger partial charge >= 0.3 is 0 Å². The Hall–Kier alpha value is -2.43. The molecule has 0 unspecified atom stereocenters. The number of fused-ring (bicyclic) bond motifs is 1. The molecule has 1 heterocycles. The molecule has 0 aliphatic carbocycles. The number of para-hydroxylation sites is 2. The molecule has 0 radical (unpaired) electrons. The fourth-order valence-corrected chi connectivity index (χ4v) is 1.96. The Morgan fingerprint density at radius 3 is 2.61 bits per heavy atom. The summed E-state index contributed by atoms with van der Waals surface area (Å²) in [6.45, 7) is 0. The van der Waals surface area contributed by atoms with E-state index in [2.05, 4.69) is 4.98 Å². The topological polar surface area (TPSA) is 43.8 Å². The lowest BCUT2D eigenvalue weighted by atomic mass is 10.2. The zero-order chi connectivity index (χ0) is 12.7. The highest BCUT2D eigenvalue weighted by atomic mass is 19.2. The first-order valence-corrected chi connectivity index (χ1v) is 5.36. The van der Waals surface area contributed by atoms with Crippen LogP contribution in [0.1, 0.15) is 0 Å². The SMILES string of the molecule is Nc1nc2ccccc2n1-c1cccc(F)c1F. The van der Waals surface area contributed by atoms with Gasteiger partial charge in [0.2, 0.25) is 5.95 Å². The minimum absolute atomic E-state index is 0.0567. The second-order valence-corrected chi connectivity index (χ2v) is 3.87. The maximum Gasteiger partial charge on any atom is 0.206 e. The second-order valence-electron chi connectivity index (χ2n) is 3.87. The molecule has 3 nitrogen and oxygen atoms in total. The van der Waals surface area contributed by atoms with Gasteiger partial charge in [0, 0.05) is 0 Å². The Labute approximate surface area is 101 Å². The molecule has 0 saturated heterocycles. The van der Waals surface area contributed by atoms with Gasteiger partial charge < -0.3 is 5.73 Å². The minimum Gasteiger partial charge on any atom is -0.369 e. The molecule has 3 rings (SSSR count). The monoisotopic (exact) mass is 245 g/mol. The van der Waals surface area contributed by atoms with Crippen LogP contribution in [0.25, 0.3) is 16.7 Å². The summed E-state index contributed by atoms with van der Waals surface area (Å²) in [6, 6.07) is 11.1. The number of nitrogen functional groups attached to an aromatic ring is 1. The van der Waals surface area contributed by atoms with E-state index in [1.54, 1.807) is 24.3 Å². The molecule has 90 valence electrons. The van der Waals surface area contributed by atoms with Gasteiger partial charge in [-0.25, -0.2) is 13.8 Å². The largest absolute Gasteiger partial charge is 0.369 e. The number of anilines is 1. The van der Waals surface area contributed by atoms with E-state index in [4.69, 9.17) is 5.73 Å². The first-order valence-electron chi connectivity index (χ1n) is 5.36. The molecule has 3 aromatic rings. The van der Waals surface area contributed by atoms with E-state index < -0.39 is 11.6 Å². The number of benzene rings is 2. The maximum atomic E-state index is 13.8. The van der Waals surface area contributed by atoms with Gasteiger partial charge in [-0.05, 0) is 24.3 Å². The maximum absolute atomic E-state index is 13.8. The van der Waals surface area contributed by atoms with Gasteiger partial charge in [-0.2, -0.15) is 0 Å². The van der Waals surface area contributed by atoms with E-state index in [9.17, 15) is 8.78 Å². The van der Waals surface area contributed by atoms with Crippen molar-refractivity contribution >= 4 is 17.0 Å². The van der Waals surface area contributed by atoms with Crippen LogP contribution in [0.5, 0.6) is 0 Å². The summed E-state index contributed by atoms with van der Waals surface area (Å²) in [5.74, 6) is -1.72. The Kier molecular flexibility index (Phi) is 2.26. The molecular weight excluding hydrogens is 236 g/mol. The molecule has 0 aliphatic heterocycles. The average molecular weight is 245 g/mol. The average Bonchev–Trinajstić information content (AvgIpc) is 2.69.